The Balaban J connectivity index is 2.48. The maximum absolute atomic E-state index is 10.2. The highest BCUT2D eigenvalue weighted by Crippen LogP contribution is 2.25. The Bertz CT molecular complexity index is 464. The molecule has 1 amide bonds. The number of anilines is 1. The van der Waals surface area contributed by atoms with Gasteiger partial charge in [0, 0.05) is 5.69 Å². The molecule has 0 unspecified atom stereocenters. The zero-order valence-corrected chi connectivity index (χ0v) is 8.60. The van der Waals surface area contributed by atoms with Gasteiger partial charge in [-0.05, 0) is 24.6 Å². The number of carbonyl (C=O) groups is 1. The predicted octanol–water partition coefficient (Wildman–Crippen LogP) is 2.43. The second kappa shape index (κ2) is 3.75. The Morgan fingerprint density at radius 1 is 1.57 bits per heavy atom. The summed E-state index contributed by atoms with van der Waals surface area (Å²) in [5, 5.41) is 3.75. The molecule has 1 N–H and O–H groups in total. The maximum atomic E-state index is 10.2. The van der Waals surface area contributed by atoms with Crippen LogP contribution < -0.4 is 5.32 Å². The van der Waals surface area contributed by atoms with Gasteiger partial charge < -0.3 is 5.32 Å². The lowest BCUT2D eigenvalue weighted by Gasteiger charge is -1.95. The fraction of sp³-hybridized carbons (Fsp3) is 0.200. The molecule has 0 aliphatic carbocycles. The number of nitrogens with zero attached hydrogens (tertiary/aromatic N) is 1. The number of aromatic nitrogens is 1. The van der Waals surface area contributed by atoms with Gasteiger partial charge >= 0.3 is 0 Å². The zero-order valence-electron chi connectivity index (χ0n) is 7.78. The third kappa shape index (κ3) is 1.61. The van der Waals surface area contributed by atoms with Gasteiger partial charge in [-0.1, -0.05) is 6.92 Å². The number of amides is 1. The molecule has 0 saturated carbocycles. The molecule has 72 valence electrons. The number of aryl methyl sites for hydroxylation is 1. The summed E-state index contributed by atoms with van der Waals surface area (Å²) >= 11 is 1.67. The maximum Gasteiger partial charge on any atom is 0.211 e. The fourth-order valence-corrected chi connectivity index (χ4v) is 2.23. The molecular formula is C10H10N2OS. The highest BCUT2D eigenvalue weighted by Gasteiger charge is 2.02. The third-order valence-electron chi connectivity index (χ3n) is 1.96. The van der Waals surface area contributed by atoms with E-state index in [1.807, 2.05) is 18.2 Å². The van der Waals surface area contributed by atoms with Crippen LogP contribution in [0.3, 0.4) is 0 Å². The SMILES string of the molecule is CCc1nc2ccc(NC=O)cc2s1. The zero-order chi connectivity index (χ0) is 9.97. The summed E-state index contributed by atoms with van der Waals surface area (Å²) in [5.41, 5.74) is 1.82. The molecule has 0 atom stereocenters. The summed E-state index contributed by atoms with van der Waals surface area (Å²) in [5.74, 6) is 0. The number of thiazole rings is 1. The molecule has 0 fully saturated rings. The molecule has 0 spiro atoms. The van der Waals surface area contributed by atoms with Crippen LogP contribution in [-0.2, 0) is 11.2 Å². The van der Waals surface area contributed by atoms with E-state index in [1.54, 1.807) is 11.3 Å². The van der Waals surface area contributed by atoms with Gasteiger partial charge in [0.25, 0.3) is 0 Å². The summed E-state index contributed by atoms with van der Waals surface area (Å²) in [6, 6.07) is 5.73. The van der Waals surface area contributed by atoms with Crippen LogP contribution in [0.5, 0.6) is 0 Å². The summed E-state index contributed by atoms with van der Waals surface area (Å²) in [6.07, 6.45) is 1.64. The predicted molar refractivity (Wildman–Crippen MR) is 58.7 cm³/mol. The van der Waals surface area contributed by atoms with Crippen LogP contribution in [-0.4, -0.2) is 11.4 Å². The Morgan fingerprint density at radius 2 is 2.43 bits per heavy atom. The standard InChI is InChI=1S/C10H10N2OS/c1-2-10-12-8-4-3-7(11-6-13)5-9(8)14-10/h3-6H,2H2,1H3,(H,11,13). The molecule has 2 rings (SSSR count). The number of rotatable bonds is 3. The van der Waals surface area contributed by atoms with Crippen LogP contribution in [0.2, 0.25) is 0 Å². The van der Waals surface area contributed by atoms with Crippen molar-refractivity contribution in [3.05, 3.63) is 23.2 Å². The molecule has 0 bridgehead atoms. The lowest BCUT2D eigenvalue weighted by atomic mass is 10.3. The van der Waals surface area contributed by atoms with E-state index in [2.05, 4.69) is 17.2 Å². The van der Waals surface area contributed by atoms with Crippen LogP contribution in [0.25, 0.3) is 10.2 Å². The van der Waals surface area contributed by atoms with E-state index >= 15 is 0 Å². The van der Waals surface area contributed by atoms with Crippen molar-refractivity contribution in [3.63, 3.8) is 0 Å². The van der Waals surface area contributed by atoms with E-state index in [0.717, 1.165) is 27.3 Å². The molecule has 0 aliphatic heterocycles. The summed E-state index contributed by atoms with van der Waals surface area (Å²) in [6.45, 7) is 2.09. The monoisotopic (exact) mass is 206 g/mol. The number of carbonyl (C=O) groups excluding carboxylic acids is 1. The molecular weight excluding hydrogens is 196 g/mol. The van der Waals surface area contributed by atoms with Gasteiger partial charge in [-0.15, -0.1) is 11.3 Å². The van der Waals surface area contributed by atoms with E-state index in [0.29, 0.717) is 6.41 Å². The fourth-order valence-electron chi connectivity index (χ4n) is 1.28. The van der Waals surface area contributed by atoms with Crippen molar-refractivity contribution in [2.75, 3.05) is 5.32 Å². The van der Waals surface area contributed by atoms with Crippen molar-refractivity contribution in [2.45, 2.75) is 13.3 Å². The average Bonchev–Trinajstić information content (AvgIpc) is 2.60. The molecule has 1 heterocycles. The van der Waals surface area contributed by atoms with Crippen molar-refractivity contribution in [2.24, 2.45) is 0 Å². The van der Waals surface area contributed by atoms with Gasteiger partial charge in [-0.25, -0.2) is 4.98 Å². The summed E-state index contributed by atoms with van der Waals surface area (Å²) < 4.78 is 1.12. The van der Waals surface area contributed by atoms with Gasteiger partial charge in [-0.3, -0.25) is 4.79 Å². The Labute approximate surface area is 85.8 Å². The first-order chi connectivity index (χ1) is 6.83. The van der Waals surface area contributed by atoms with Crippen molar-refractivity contribution in [1.29, 1.82) is 0 Å². The minimum Gasteiger partial charge on any atom is -0.329 e. The number of fused-ring (bicyclic) bond motifs is 1. The normalized spacial score (nSPS) is 10.4. The van der Waals surface area contributed by atoms with Gasteiger partial charge in [0.15, 0.2) is 0 Å². The Kier molecular flexibility index (Phi) is 2.45. The van der Waals surface area contributed by atoms with Gasteiger partial charge in [0.1, 0.15) is 0 Å². The molecule has 0 radical (unpaired) electrons. The smallest absolute Gasteiger partial charge is 0.211 e. The van der Waals surface area contributed by atoms with E-state index in [9.17, 15) is 4.79 Å². The largest absolute Gasteiger partial charge is 0.329 e. The molecule has 1 aromatic carbocycles. The van der Waals surface area contributed by atoms with Crippen molar-refractivity contribution in [3.8, 4) is 0 Å². The van der Waals surface area contributed by atoms with Crippen LogP contribution >= 0.6 is 11.3 Å². The first kappa shape index (κ1) is 9.15. The molecule has 4 heteroatoms. The van der Waals surface area contributed by atoms with Gasteiger partial charge in [-0.2, -0.15) is 0 Å². The van der Waals surface area contributed by atoms with Crippen molar-refractivity contribution < 1.29 is 4.79 Å². The topological polar surface area (TPSA) is 42.0 Å². The number of hydrogen-bond donors (Lipinski definition) is 1. The van der Waals surface area contributed by atoms with Crippen LogP contribution in [0.15, 0.2) is 18.2 Å². The molecule has 0 saturated heterocycles. The molecule has 0 aliphatic rings. The van der Waals surface area contributed by atoms with Crippen LogP contribution in [0, 0.1) is 0 Å². The summed E-state index contributed by atoms with van der Waals surface area (Å²) in [7, 11) is 0. The summed E-state index contributed by atoms with van der Waals surface area (Å²) in [4.78, 5) is 14.7. The number of benzene rings is 1. The second-order valence-electron chi connectivity index (χ2n) is 2.91. The number of nitrogens with one attached hydrogen (secondary N) is 1. The van der Waals surface area contributed by atoms with Gasteiger partial charge in [0.05, 0.1) is 15.2 Å². The highest BCUT2D eigenvalue weighted by atomic mass is 32.1. The minimum atomic E-state index is 0.683. The molecule has 3 nitrogen and oxygen atoms in total. The van der Waals surface area contributed by atoms with E-state index in [-0.39, 0.29) is 0 Å². The van der Waals surface area contributed by atoms with E-state index in [1.165, 1.54) is 0 Å². The average molecular weight is 206 g/mol. The second-order valence-corrected chi connectivity index (χ2v) is 4.02. The minimum absolute atomic E-state index is 0.683. The molecule has 2 aromatic rings. The van der Waals surface area contributed by atoms with Crippen LogP contribution in [0.1, 0.15) is 11.9 Å². The molecule has 14 heavy (non-hydrogen) atoms. The van der Waals surface area contributed by atoms with Gasteiger partial charge in [0.2, 0.25) is 6.41 Å². The number of hydrogen-bond acceptors (Lipinski definition) is 3. The molecule has 1 aromatic heterocycles. The Hall–Kier alpha value is -1.42. The quantitative estimate of drug-likeness (QED) is 0.784. The van der Waals surface area contributed by atoms with Crippen molar-refractivity contribution >= 4 is 33.7 Å². The van der Waals surface area contributed by atoms with E-state index < -0.39 is 0 Å². The lowest BCUT2D eigenvalue weighted by Crippen LogP contribution is -1.92. The van der Waals surface area contributed by atoms with E-state index in [4.69, 9.17) is 0 Å². The first-order valence-corrected chi connectivity index (χ1v) is 5.25. The third-order valence-corrected chi connectivity index (χ3v) is 3.12. The Morgan fingerprint density at radius 3 is 3.14 bits per heavy atom. The highest BCUT2D eigenvalue weighted by molar-refractivity contribution is 7.18. The van der Waals surface area contributed by atoms with Crippen molar-refractivity contribution in [1.82, 2.24) is 4.98 Å². The van der Waals surface area contributed by atoms with Crippen LogP contribution in [0.4, 0.5) is 5.69 Å². The lowest BCUT2D eigenvalue weighted by molar-refractivity contribution is -0.105. The first-order valence-electron chi connectivity index (χ1n) is 4.43.